The molecule has 5 rings (SSSR count). The van der Waals surface area contributed by atoms with E-state index in [4.69, 9.17) is 23.2 Å². The van der Waals surface area contributed by atoms with Gasteiger partial charge in [0.15, 0.2) is 11.2 Å². The van der Waals surface area contributed by atoms with Gasteiger partial charge in [0.25, 0.3) is 5.56 Å². The molecular formula is C23H20Cl2N6O2. The van der Waals surface area contributed by atoms with Crippen LogP contribution in [0, 0.1) is 0 Å². The average molecular weight is 483 g/mol. The third-order valence-corrected chi connectivity index (χ3v) is 6.42. The highest BCUT2D eigenvalue weighted by Crippen LogP contribution is 2.27. The van der Waals surface area contributed by atoms with Crippen LogP contribution in [0.5, 0.6) is 0 Å². The van der Waals surface area contributed by atoms with Gasteiger partial charge >= 0.3 is 5.69 Å². The highest BCUT2D eigenvalue weighted by atomic mass is 35.5. The van der Waals surface area contributed by atoms with Gasteiger partial charge in [-0.15, -0.1) is 0 Å². The lowest BCUT2D eigenvalue weighted by Gasteiger charge is -2.25. The van der Waals surface area contributed by atoms with E-state index in [1.165, 1.54) is 9.13 Å². The summed E-state index contributed by atoms with van der Waals surface area (Å²) < 4.78 is 4.39. The Kier molecular flexibility index (Phi) is 5.34. The van der Waals surface area contributed by atoms with Crippen LogP contribution in [0.3, 0.4) is 0 Å². The molecular weight excluding hydrogens is 463 g/mol. The van der Waals surface area contributed by atoms with Crippen LogP contribution in [0.2, 0.25) is 10.0 Å². The van der Waals surface area contributed by atoms with Gasteiger partial charge in [-0.25, -0.2) is 9.80 Å². The number of hydrazone groups is 1. The SMILES string of the molecule is CC1=NN(Cc2ccccc2Cl)c2nc3c(c(=O)n(Cc4ccccc4Cl)c(=O)n3C)n2C1. The molecule has 0 bridgehead atoms. The molecule has 0 fully saturated rings. The molecule has 0 spiro atoms. The predicted molar refractivity (Wildman–Crippen MR) is 131 cm³/mol. The molecule has 1 aliphatic heterocycles. The fourth-order valence-corrected chi connectivity index (χ4v) is 4.44. The van der Waals surface area contributed by atoms with Crippen molar-refractivity contribution in [1.29, 1.82) is 0 Å². The fourth-order valence-electron chi connectivity index (χ4n) is 4.05. The summed E-state index contributed by atoms with van der Waals surface area (Å²) in [5.41, 5.74) is 2.15. The van der Waals surface area contributed by atoms with Crippen molar-refractivity contribution in [3.63, 3.8) is 0 Å². The third kappa shape index (κ3) is 3.65. The van der Waals surface area contributed by atoms with Crippen LogP contribution in [-0.2, 0) is 26.7 Å². The van der Waals surface area contributed by atoms with E-state index in [1.807, 2.05) is 37.3 Å². The summed E-state index contributed by atoms with van der Waals surface area (Å²) in [4.78, 5) is 31.3. The van der Waals surface area contributed by atoms with Crippen LogP contribution in [0.15, 0.2) is 63.2 Å². The van der Waals surface area contributed by atoms with E-state index in [1.54, 1.807) is 34.8 Å². The lowest BCUT2D eigenvalue weighted by Crippen LogP contribution is -2.40. The molecule has 0 N–H and O–H groups in total. The maximum atomic E-state index is 13.5. The summed E-state index contributed by atoms with van der Waals surface area (Å²) in [7, 11) is 1.61. The topological polar surface area (TPSA) is 77.4 Å². The van der Waals surface area contributed by atoms with E-state index in [0.717, 1.165) is 11.3 Å². The summed E-state index contributed by atoms with van der Waals surface area (Å²) in [6, 6.07) is 14.7. The van der Waals surface area contributed by atoms with E-state index in [-0.39, 0.29) is 6.54 Å². The number of rotatable bonds is 4. The van der Waals surface area contributed by atoms with E-state index in [0.29, 0.717) is 45.8 Å². The lowest BCUT2D eigenvalue weighted by atomic mass is 10.2. The van der Waals surface area contributed by atoms with Crippen LogP contribution in [-0.4, -0.2) is 24.4 Å². The third-order valence-electron chi connectivity index (χ3n) is 5.69. The van der Waals surface area contributed by atoms with Crippen molar-refractivity contribution in [3.8, 4) is 0 Å². The van der Waals surface area contributed by atoms with Crippen molar-refractivity contribution in [2.75, 3.05) is 5.01 Å². The Morgan fingerprint density at radius 2 is 1.55 bits per heavy atom. The zero-order valence-corrected chi connectivity index (χ0v) is 19.5. The molecule has 8 nitrogen and oxygen atoms in total. The van der Waals surface area contributed by atoms with Gasteiger partial charge in [0.05, 0.1) is 25.3 Å². The molecule has 10 heteroatoms. The van der Waals surface area contributed by atoms with Gasteiger partial charge in [0.2, 0.25) is 5.95 Å². The standard InChI is InChI=1S/C23H20Cl2N6O2/c1-14-11-29-19-20(26-22(29)31(27-14)13-16-8-4-6-10-18(16)25)28(2)23(33)30(21(19)32)12-15-7-3-5-9-17(15)24/h3-10H,11-13H2,1-2H3. The maximum Gasteiger partial charge on any atom is 0.332 e. The molecule has 0 saturated heterocycles. The summed E-state index contributed by atoms with van der Waals surface area (Å²) in [5.74, 6) is 0.484. The Morgan fingerprint density at radius 3 is 2.18 bits per heavy atom. The fraction of sp³-hybridized carbons (Fsp3) is 0.217. The Balaban J connectivity index is 1.68. The maximum absolute atomic E-state index is 13.5. The summed E-state index contributed by atoms with van der Waals surface area (Å²) in [6.45, 7) is 2.73. The number of hydrogen-bond acceptors (Lipinski definition) is 5. The van der Waals surface area contributed by atoms with Gasteiger partial charge in [-0.1, -0.05) is 59.6 Å². The quantitative estimate of drug-likeness (QED) is 0.444. The van der Waals surface area contributed by atoms with Gasteiger partial charge in [-0.3, -0.25) is 18.5 Å². The van der Waals surface area contributed by atoms with Crippen molar-refractivity contribution in [3.05, 3.63) is 90.5 Å². The first-order valence-electron chi connectivity index (χ1n) is 10.3. The largest absolute Gasteiger partial charge is 0.332 e. The average Bonchev–Trinajstić information content (AvgIpc) is 3.18. The Hall–Kier alpha value is -3.36. The van der Waals surface area contributed by atoms with E-state index < -0.39 is 11.2 Å². The molecule has 0 amide bonds. The zero-order valence-electron chi connectivity index (χ0n) is 18.0. The van der Waals surface area contributed by atoms with E-state index in [2.05, 4.69) is 10.1 Å². The highest BCUT2D eigenvalue weighted by molar-refractivity contribution is 6.31. The normalized spacial score (nSPS) is 13.3. The van der Waals surface area contributed by atoms with Gasteiger partial charge in [0.1, 0.15) is 0 Å². The van der Waals surface area contributed by atoms with Crippen LogP contribution >= 0.6 is 23.2 Å². The minimum absolute atomic E-state index is 0.0675. The minimum atomic E-state index is -0.460. The number of aromatic nitrogens is 4. The van der Waals surface area contributed by atoms with E-state index >= 15 is 0 Å². The summed E-state index contributed by atoms with van der Waals surface area (Å²) >= 11 is 12.6. The van der Waals surface area contributed by atoms with Crippen molar-refractivity contribution >= 4 is 46.0 Å². The molecule has 2 aromatic heterocycles. The molecule has 4 aromatic rings. The van der Waals surface area contributed by atoms with Crippen molar-refractivity contribution in [2.24, 2.45) is 12.1 Å². The van der Waals surface area contributed by atoms with Gasteiger partial charge < -0.3 is 0 Å². The Bertz CT molecular complexity index is 1550. The van der Waals surface area contributed by atoms with E-state index in [9.17, 15) is 9.59 Å². The number of hydrogen-bond donors (Lipinski definition) is 0. The molecule has 0 radical (unpaired) electrons. The Labute approximate surface area is 198 Å². The van der Waals surface area contributed by atoms with Crippen LogP contribution in [0.25, 0.3) is 11.2 Å². The van der Waals surface area contributed by atoms with Crippen molar-refractivity contribution in [1.82, 2.24) is 18.7 Å². The predicted octanol–water partition coefficient (Wildman–Crippen LogP) is 3.65. The number of fused-ring (bicyclic) bond motifs is 3. The lowest BCUT2D eigenvalue weighted by molar-refractivity contribution is 0.653. The van der Waals surface area contributed by atoms with Crippen LogP contribution in [0.4, 0.5) is 5.95 Å². The molecule has 168 valence electrons. The number of halogens is 2. The molecule has 33 heavy (non-hydrogen) atoms. The summed E-state index contributed by atoms with van der Waals surface area (Å²) in [5, 5.41) is 7.46. The monoisotopic (exact) mass is 482 g/mol. The van der Waals surface area contributed by atoms with Crippen molar-refractivity contribution < 1.29 is 0 Å². The molecule has 2 aromatic carbocycles. The number of nitrogens with zero attached hydrogens (tertiary/aromatic N) is 6. The molecule has 3 heterocycles. The second-order valence-electron chi connectivity index (χ2n) is 7.98. The smallest absolute Gasteiger partial charge is 0.297 e. The summed E-state index contributed by atoms with van der Waals surface area (Å²) in [6.07, 6.45) is 0. The Morgan fingerprint density at radius 1 is 0.939 bits per heavy atom. The zero-order chi connectivity index (χ0) is 23.3. The first-order valence-corrected chi connectivity index (χ1v) is 11.1. The minimum Gasteiger partial charge on any atom is -0.297 e. The van der Waals surface area contributed by atoms with Gasteiger partial charge in [-0.2, -0.15) is 10.1 Å². The molecule has 1 aliphatic rings. The number of benzene rings is 2. The second-order valence-corrected chi connectivity index (χ2v) is 8.79. The first-order chi connectivity index (χ1) is 15.8. The molecule has 0 unspecified atom stereocenters. The van der Waals surface area contributed by atoms with Gasteiger partial charge in [-0.05, 0) is 30.2 Å². The van der Waals surface area contributed by atoms with Crippen LogP contribution < -0.4 is 16.3 Å². The highest BCUT2D eigenvalue weighted by Gasteiger charge is 2.27. The molecule has 0 atom stereocenters. The number of imidazole rings is 1. The van der Waals surface area contributed by atoms with Crippen LogP contribution in [0.1, 0.15) is 18.1 Å². The van der Waals surface area contributed by atoms with Crippen molar-refractivity contribution in [2.45, 2.75) is 26.6 Å². The number of anilines is 1. The molecule has 0 aliphatic carbocycles. The van der Waals surface area contributed by atoms with Gasteiger partial charge in [0, 0.05) is 17.1 Å². The first kappa shape index (κ1) is 21.5. The second kappa shape index (κ2) is 8.20. The number of aryl methyl sites for hydroxylation is 1. The molecule has 0 saturated carbocycles.